The molecule has 0 radical (unpaired) electrons. The van der Waals surface area contributed by atoms with E-state index in [-0.39, 0.29) is 18.0 Å². The molecule has 0 aliphatic heterocycles. The van der Waals surface area contributed by atoms with Crippen LogP contribution in [-0.2, 0) is 17.9 Å². The van der Waals surface area contributed by atoms with Crippen molar-refractivity contribution in [1.82, 2.24) is 14.5 Å². The van der Waals surface area contributed by atoms with E-state index < -0.39 is 0 Å². The summed E-state index contributed by atoms with van der Waals surface area (Å²) in [5.74, 6) is 0.468. The van der Waals surface area contributed by atoms with Gasteiger partial charge in [-0.2, -0.15) is 0 Å². The standard InChI is InChI=1S/C15H19N3O3/c1-12-9-13(21-2)10-15(20)18(12)8-5-16-14(19)11-17-6-3-4-7-17/h3-4,6-7,9-10H,5,8,11H2,1-2H3,(H,16,19). The zero-order valence-electron chi connectivity index (χ0n) is 12.2. The summed E-state index contributed by atoms with van der Waals surface area (Å²) in [5.41, 5.74) is 0.672. The maximum absolute atomic E-state index is 11.9. The Bertz CT molecular complexity index is 659. The van der Waals surface area contributed by atoms with Crippen LogP contribution in [0.4, 0.5) is 0 Å². The minimum Gasteiger partial charge on any atom is -0.496 e. The molecule has 112 valence electrons. The van der Waals surface area contributed by atoms with Gasteiger partial charge in [-0.1, -0.05) is 0 Å². The van der Waals surface area contributed by atoms with Crippen LogP contribution in [0.1, 0.15) is 5.69 Å². The third kappa shape index (κ3) is 3.98. The number of rotatable bonds is 6. The summed E-state index contributed by atoms with van der Waals surface area (Å²) in [7, 11) is 1.53. The van der Waals surface area contributed by atoms with Crippen LogP contribution in [0, 0.1) is 6.92 Å². The Labute approximate surface area is 123 Å². The van der Waals surface area contributed by atoms with Crippen molar-refractivity contribution < 1.29 is 9.53 Å². The second kappa shape index (κ2) is 6.78. The number of hydrogen-bond donors (Lipinski definition) is 1. The number of pyridine rings is 1. The smallest absolute Gasteiger partial charge is 0.254 e. The Morgan fingerprint density at radius 2 is 2.00 bits per heavy atom. The largest absolute Gasteiger partial charge is 0.496 e. The molecule has 1 amide bonds. The van der Waals surface area contributed by atoms with Gasteiger partial charge in [0, 0.05) is 37.2 Å². The van der Waals surface area contributed by atoms with Crippen molar-refractivity contribution in [3.05, 3.63) is 52.7 Å². The molecule has 1 N–H and O–H groups in total. The van der Waals surface area contributed by atoms with Crippen LogP contribution in [0.25, 0.3) is 0 Å². The van der Waals surface area contributed by atoms with Crippen molar-refractivity contribution in [2.45, 2.75) is 20.0 Å². The van der Waals surface area contributed by atoms with Gasteiger partial charge in [-0.3, -0.25) is 9.59 Å². The molecule has 6 nitrogen and oxygen atoms in total. The summed E-state index contributed by atoms with van der Waals surface area (Å²) >= 11 is 0. The number of carbonyl (C=O) groups is 1. The van der Waals surface area contributed by atoms with Crippen molar-refractivity contribution in [1.29, 1.82) is 0 Å². The van der Waals surface area contributed by atoms with Crippen molar-refractivity contribution in [2.24, 2.45) is 0 Å². The van der Waals surface area contributed by atoms with Gasteiger partial charge in [-0.05, 0) is 25.1 Å². The zero-order valence-corrected chi connectivity index (χ0v) is 12.2. The fourth-order valence-corrected chi connectivity index (χ4v) is 2.11. The van der Waals surface area contributed by atoms with Crippen molar-refractivity contribution in [2.75, 3.05) is 13.7 Å². The normalized spacial score (nSPS) is 10.4. The van der Waals surface area contributed by atoms with Gasteiger partial charge < -0.3 is 19.2 Å². The molecule has 0 aromatic carbocycles. The van der Waals surface area contributed by atoms with E-state index in [9.17, 15) is 9.59 Å². The Kier molecular flexibility index (Phi) is 4.81. The highest BCUT2D eigenvalue weighted by molar-refractivity contribution is 5.75. The lowest BCUT2D eigenvalue weighted by Crippen LogP contribution is -2.33. The Balaban J connectivity index is 1.89. The summed E-state index contributed by atoms with van der Waals surface area (Å²) in [4.78, 5) is 23.6. The summed E-state index contributed by atoms with van der Waals surface area (Å²) < 4.78 is 8.45. The molecule has 0 atom stereocenters. The van der Waals surface area contributed by atoms with Gasteiger partial charge in [-0.15, -0.1) is 0 Å². The predicted octanol–water partition coefficient (Wildman–Crippen LogP) is 0.783. The van der Waals surface area contributed by atoms with Gasteiger partial charge in [0.1, 0.15) is 12.3 Å². The lowest BCUT2D eigenvalue weighted by Gasteiger charge is -2.12. The molecule has 0 unspecified atom stereocenters. The van der Waals surface area contributed by atoms with Gasteiger partial charge in [0.25, 0.3) is 5.56 Å². The summed E-state index contributed by atoms with van der Waals surface area (Å²) in [6.07, 6.45) is 3.66. The number of amides is 1. The molecular weight excluding hydrogens is 270 g/mol. The highest BCUT2D eigenvalue weighted by Gasteiger charge is 2.05. The first kappa shape index (κ1) is 14.9. The van der Waals surface area contributed by atoms with Gasteiger partial charge >= 0.3 is 0 Å². The van der Waals surface area contributed by atoms with Crippen LogP contribution in [0.2, 0.25) is 0 Å². The van der Waals surface area contributed by atoms with Crippen molar-refractivity contribution in [3.8, 4) is 5.75 Å². The van der Waals surface area contributed by atoms with E-state index in [0.29, 0.717) is 18.8 Å². The van der Waals surface area contributed by atoms with E-state index in [1.54, 1.807) is 15.2 Å². The summed E-state index contributed by atoms with van der Waals surface area (Å²) in [6.45, 7) is 2.97. The molecule has 6 heteroatoms. The summed E-state index contributed by atoms with van der Waals surface area (Å²) in [6, 6.07) is 6.97. The lowest BCUT2D eigenvalue weighted by atomic mass is 10.3. The number of aromatic nitrogens is 2. The molecule has 0 aliphatic carbocycles. The van der Waals surface area contributed by atoms with Crippen LogP contribution >= 0.6 is 0 Å². The fraction of sp³-hybridized carbons (Fsp3) is 0.333. The van der Waals surface area contributed by atoms with E-state index in [1.165, 1.54) is 13.2 Å². The molecule has 0 saturated heterocycles. The molecule has 0 saturated carbocycles. The minimum atomic E-state index is -0.133. The fourth-order valence-electron chi connectivity index (χ4n) is 2.11. The van der Waals surface area contributed by atoms with Gasteiger partial charge in [0.05, 0.1) is 7.11 Å². The maximum atomic E-state index is 11.9. The van der Waals surface area contributed by atoms with Crippen LogP contribution < -0.4 is 15.6 Å². The average Bonchev–Trinajstić information content (AvgIpc) is 2.94. The lowest BCUT2D eigenvalue weighted by molar-refractivity contribution is -0.121. The van der Waals surface area contributed by atoms with Crippen molar-refractivity contribution >= 4 is 5.91 Å². The van der Waals surface area contributed by atoms with Crippen LogP contribution in [0.15, 0.2) is 41.5 Å². The quantitative estimate of drug-likeness (QED) is 0.855. The molecule has 2 aromatic rings. The first-order valence-electron chi connectivity index (χ1n) is 6.73. The monoisotopic (exact) mass is 289 g/mol. The molecule has 2 heterocycles. The summed E-state index contributed by atoms with van der Waals surface area (Å²) in [5, 5.41) is 2.80. The van der Waals surface area contributed by atoms with E-state index in [2.05, 4.69) is 5.32 Å². The van der Waals surface area contributed by atoms with E-state index in [4.69, 9.17) is 4.74 Å². The van der Waals surface area contributed by atoms with Crippen LogP contribution in [-0.4, -0.2) is 28.7 Å². The number of aryl methyl sites for hydroxylation is 1. The molecule has 0 bridgehead atoms. The maximum Gasteiger partial charge on any atom is 0.254 e. The average molecular weight is 289 g/mol. The van der Waals surface area contributed by atoms with Gasteiger partial charge in [-0.25, -0.2) is 0 Å². The first-order valence-corrected chi connectivity index (χ1v) is 6.73. The molecule has 0 aliphatic rings. The van der Waals surface area contributed by atoms with E-state index >= 15 is 0 Å². The second-order valence-electron chi connectivity index (χ2n) is 4.73. The molecule has 21 heavy (non-hydrogen) atoms. The highest BCUT2D eigenvalue weighted by atomic mass is 16.5. The number of methoxy groups -OCH3 is 1. The topological polar surface area (TPSA) is 65.3 Å². The Morgan fingerprint density at radius 1 is 1.29 bits per heavy atom. The molecule has 0 spiro atoms. The SMILES string of the molecule is COc1cc(C)n(CCNC(=O)Cn2cccc2)c(=O)c1. The third-order valence-corrected chi connectivity index (χ3v) is 3.19. The number of nitrogens with one attached hydrogen (secondary N) is 1. The number of ether oxygens (including phenoxy) is 1. The molecule has 2 aromatic heterocycles. The molecule has 0 fully saturated rings. The molecular formula is C15H19N3O3. The Hall–Kier alpha value is -2.50. The highest BCUT2D eigenvalue weighted by Crippen LogP contribution is 2.08. The van der Waals surface area contributed by atoms with E-state index in [0.717, 1.165) is 5.69 Å². The van der Waals surface area contributed by atoms with Crippen LogP contribution in [0.5, 0.6) is 5.75 Å². The second-order valence-corrected chi connectivity index (χ2v) is 4.73. The van der Waals surface area contributed by atoms with Gasteiger partial charge in [0.2, 0.25) is 5.91 Å². The first-order chi connectivity index (χ1) is 10.1. The van der Waals surface area contributed by atoms with Crippen LogP contribution in [0.3, 0.4) is 0 Å². The minimum absolute atomic E-state index is 0.0783. The third-order valence-electron chi connectivity index (χ3n) is 3.19. The van der Waals surface area contributed by atoms with Gasteiger partial charge in [0.15, 0.2) is 0 Å². The zero-order chi connectivity index (χ0) is 15.2. The Morgan fingerprint density at radius 3 is 2.62 bits per heavy atom. The number of carbonyl (C=O) groups excluding carboxylic acids is 1. The number of hydrogen-bond acceptors (Lipinski definition) is 3. The van der Waals surface area contributed by atoms with E-state index in [1.807, 2.05) is 31.5 Å². The predicted molar refractivity (Wildman–Crippen MR) is 79.4 cm³/mol. The van der Waals surface area contributed by atoms with Crippen molar-refractivity contribution in [3.63, 3.8) is 0 Å². The number of nitrogens with zero attached hydrogens (tertiary/aromatic N) is 2. The molecule has 2 rings (SSSR count).